The summed E-state index contributed by atoms with van der Waals surface area (Å²) in [5, 5.41) is 0. The molecule has 1 unspecified atom stereocenters. The largest absolute Gasteiger partial charge is 0.228 e. The summed E-state index contributed by atoms with van der Waals surface area (Å²) in [5.41, 5.74) is 0. The first-order valence-electron chi connectivity index (χ1n) is 7.40. The zero-order valence-electron chi connectivity index (χ0n) is 12.7. The molecule has 2 nitrogen and oxygen atoms in total. The van der Waals surface area contributed by atoms with Gasteiger partial charge in [-0.1, -0.05) is 64.0 Å². The summed E-state index contributed by atoms with van der Waals surface area (Å²) in [6.45, 7) is 2.24. The lowest BCUT2D eigenvalue weighted by Crippen LogP contribution is -2.12. The molecule has 1 atom stereocenters. The minimum atomic E-state index is -2.95. The van der Waals surface area contributed by atoms with Crippen molar-refractivity contribution >= 4 is 21.6 Å². The summed E-state index contributed by atoms with van der Waals surface area (Å²) < 4.78 is 22.4. The van der Waals surface area contributed by atoms with Crippen molar-refractivity contribution in [2.75, 3.05) is 12.5 Å². The smallest absolute Gasteiger partial charge is 0.163 e. The van der Waals surface area contributed by atoms with Crippen molar-refractivity contribution in [3.63, 3.8) is 0 Å². The predicted molar refractivity (Wildman–Crippen MR) is 88.5 cm³/mol. The highest BCUT2D eigenvalue weighted by Gasteiger charge is 2.14. The molecule has 0 rings (SSSR count). The second kappa shape index (κ2) is 11.8. The molecule has 0 aliphatic carbocycles. The molecule has 0 saturated carbocycles. The topological polar surface area (TPSA) is 34.1 Å². The van der Waals surface area contributed by atoms with Gasteiger partial charge in [0.2, 0.25) is 0 Å². The van der Waals surface area contributed by atoms with Crippen LogP contribution in [0.4, 0.5) is 0 Å². The second-order valence-electron chi connectivity index (χ2n) is 5.13. The molecule has 0 saturated heterocycles. The Labute approximate surface area is 124 Å². The van der Waals surface area contributed by atoms with E-state index in [0.717, 1.165) is 6.42 Å². The average molecular weight is 307 g/mol. The molecule has 0 fully saturated rings. The highest BCUT2D eigenvalue weighted by atomic mass is 32.3. The van der Waals surface area contributed by atoms with Crippen molar-refractivity contribution in [2.45, 2.75) is 69.3 Å². The zero-order chi connectivity index (χ0) is 14.6. The summed E-state index contributed by atoms with van der Waals surface area (Å²) >= 11 is 1.38. The van der Waals surface area contributed by atoms with E-state index >= 15 is 0 Å². The van der Waals surface area contributed by atoms with Crippen molar-refractivity contribution in [3.05, 3.63) is 12.2 Å². The number of rotatable bonds is 12. The lowest BCUT2D eigenvalue weighted by atomic mass is 10.1. The van der Waals surface area contributed by atoms with E-state index in [1.165, 1.54) is 69.4 Å². The molecule has 0 amide bonds. The van der Waals surface area contributed by atoms with Crippen LogP contribution in [0.3, 0.4) is 0 Å². The van der Waals surface area contributed by atoms with Crippen LogP contribution in [0.25, 0.3) is 0 Å². The van der Waals surface area contributed by atoms with Crippen molar-refractivity contribution in [2.24, 2.45) is 0 Å². The molecular weight excluding hydrogens is 276 g/mol. The molecule has 0 N–H and O–H groups in total. The van der Waals surface area contributed by atoms with Crippen molar-refractivity contribution < 1.29 is 8.42 Å². The highest BCUT2D eigenvalue weighted by Crippen LogP contribution is 2.15. The van der Waals surface area contributed by atoms with E-state index in [1.807, 2.05) is 18.4 Å². The third-order valence-corrected chi connectivity index (χ3v) is 6.42. The Bertz CT molecular complexity index is 321. The minimum Gasteiger partial charge on any atom is -0.228 e. The van der Waals surface area contributed by atoms with E-state index in [-0.39, 0.29) is 4.58 Å². The van der Waals surface area contributed by atoms with Gasteiger partial charge >= 0.3 is 0 Å². The van der Waals surface area contributed by atoms with Gasteiger partial charge in [-0.3, -0.25) is 0 Å². The van der Waals surface area contributed by atoms with Gasteiger partial charge in [-0.25, -0.2) is 8.42 Å². The van der Waals surface area contributed by atoms with Gasteiger partial charge in [-0.15, -0.1) is 11.8 Å². The summed E-state index contributed by atoms with van der Waals surface area (Å²) in [6.07, 6.45) is 18.5. The lowest BCUT2D eigenvalue weighted by Gasteiger charge is -2.06. The molecule has 0 aliphatic rings. The van der Waals surface area contributed by atoms with E-state index in [4.69, 9.17) is 0 Å². The SMILES string of the molecule is CCCCCCCCCC/C=C/C(SC)S(C)(=O)=O. The fourth-order valence-electron chi connectivity index (χ4n) is 2.00. The molecular formula is C15H30O2S2. The van der Waals surface area contributed by atoms with Crippen LogP contribution in [0.5, 0.6) is 0 Å². The fraction of sp³-hybridized carbons (Fsp3) is 0.867. The van der Waals surface area contributed by atoms with Crippen LogP contribution in [0.1, 0.15) is 64.7 Å². The van der Waals surface area contributed by atoms with Gasteiger partial charge in [0.05, 0.1) is 0 Å². The van der Waals surface area contributed by atoms with E-state index < -0.39 is 9.84 Å². The van der Waals surface area contributed by atoms with Gasteiger partial charge in [-0.2, -0.15) is 0 Å². The predicted octanol–water partition coefficient (Wildman–Crippen LogP) is 4.81. The summed E-state index contributed by atoms with van der Waals surface area (Å²) in [5.74, 6) is 0. The molecule has 4 heteroatoms. The molecule has 0 spiro atoms. The Morgan fingerprint density at radius 2 is 1.53 bits per heavy atom. The van der Waals surface area contributed by atoms with Gasteiger partial charge < -0.3 is 0 Å². The van der Waals surface area contributed by atoms with Crippen molar-refractivity contribution in [1.29, 1.82) is 0 Å². The number of sulfone groups is 1. The second-order valence-corrected chi connectivity index (χ2v) is 8.57. The summed E-state index contributed by atoms with van der Waals surface area (Å²) in [4.78, 5) is 0. The standard InChI is InChI=1S/C15H30O2S2/c1-4-5-6-7-8-9-10-11-12-13-14-15(18-2)19(3,16)17/h13-15H,4-12H2,1-3H3/b14-13+. The number of hydrogen-bond donors (Lipinski definition) is 0. The van der Waals surface area contributed by atoms with Gasteiger partial charge in [0.25, 0.3) is 0 Å². The molecule has 0 heterocycles. The first-order valence-corrected chi connectivity index (χ1v) is 10.6. The van der Waals surface area contributed by atoms with Gasteiger partial charge in [0.1, 0.15) is 4.58 Å². The molecule has 19 heavy (non-hydrogen) atoms. The molecule has 0 radical (unpaired) electrons. The molecule has 0 bridgehead atoms. The van der Waals surface area contributed by atoms with Gasteiger partial charge in [0.15, 0.2) is 9.84 Å². The van der Waals surface area contributed by atoms with E-state index in [1.54, 1.807) is 0 Å². The molecule has 0 aromatic rings. The number of allylic oxidation sites excluding steroid dienone is 1. The molecule has 0 aliphatic heterocycles. The van der Waals surface area contributed by atoms with Crippen LogP contribution < -0.4 is 0 Å². The quantitative estimate of drug-likeness (QED) is 0.383. The maximum atomic E-state index is 11.4. The van der Waals surface area contributed by atoms with Crippen molar-refractivity contribution in [3.8, 4) is 0 Å². The Kier molecular flexibility index (Phi) is 11.9. The minimum absolute atomic E-state index is 0.374. The number of hydrogen-bond acceptors (Lipinski definition) is 3. The number of thioether (sulfide) groups is 1. The van der Waals surface area contributed by atoms with Gasteiger partial charge in [0, 0.05) is 6.26 Å². The first-order chi connectivity index (χ1) is 9.02. The van der Waals surface area contributed by atoms with Crippen LogP contribution in [0.2, 0.25) is 0 Å². The Morgan fingerprint density at radius 1 is 1.00 bits per heavy atom. The normalized spacial score (nSPS) is 14.1. The van der Waals surface area contributed by atoms with Crippen LogP contribution in [0.15, 0.2) is 12.2 Å². The lowest BCUT2D eigenvalue weighted by molar-refractivity contribution is 0.577. The Morgan fingerprint density at radius 3 is 2.00 bits per heavy atom. The number of unbranched alkanes of at least 4 members (excludes halogenated alkanes) is 8. The van der Waals surface area contributed by atoms with Crippen LogP contribution >= 0.6 is 11.8 Å². The van der Waals surface area contributed by atoms with Crippen LogP contribution in [-0.2, 0) is 9.84 Å². The van der Waals surface area contributed by atoms with Crippen LogP contribution in [0, 0.1) is 0 Å². The first kappa shape index (κ1) is 19.0. The summed E-state index contributed by atoms with van der Waals surface area (Å²) in [7, 11) is -2.95. The Hall–Kier alpha value is 0.0400. The monoisotopic (exact) mass is 306 g/mol. The summed E-state index contributed by atoms with van der Waals surface area (Å²) in [6, 6.07) is 0. The van der Waals surface area contributed by atoms with E-state index in [9.17, 15) is 8.42 Å². The maximum absolute atomic E-state index is 11.4. The van der Waals surface area contributed by atoms with Crippen LogP contribution in [-0.4, -0.2) is 25.5 Å². The van der Waals surface area contributed by atoms with E-state index in [2.05, 4.69) is 6.92 Å². The molecule has 0 aromatic carbocycles. The third kappa shape index (κ3) is 11.6. The van der Waals surface area contributed by atoms with Gasteiger partial charge in [-0.05, 0) is 19.1 Å². The fourth-order valence-corrected chi connectivity index (χ4v) is 4.06. The molecule has 0 aromatic heterocycles. The Balaban J connectivity index is 3.53. The average Bonchev–Trinajstić information content (AvgIpc) is 2.34. The third-order valence-electron chi connectivity index (χ3n) is 3.17. The highest BCUT2D eigenvalue weighted by molar-refractivity contribution is 8.13. The zero-order valence-corrected chi connectivity index (χ0v) is 14.4. The maximum Gasteiger partial charge on any atom is 0.163 e. The van der Waals surface area contributed by atoms with E-state index in [0.29, 0.717) is 0 Å². The van der Waals surface area contributed by atoms with Crippen molar-refractivity contribution in [1.82, 2.24) is 0 Å². The molecule has 114 valence electrons.